The fraction of sp³-hybridized carbons (Fsp3) is 0.176. The Hall–Kier alpha value is -2.44. The minimum Gasteiger partial charge on any atom is -0.493 e. The highest BCUT2D eigenvalue weighted by atomic mass is 35.5. The number of nitrogens with zero attached hydrogens (tertiary/aromatic N) is 3. The summed E-state index contributed by atoms with van der Waals surface area (Å²) in [5.41, 5.74) is 5.11. The zero-order valence-corrected chi connectivity index (χ0v) is 15.0. The lowest BCUT2D eigenvalue weighted by Crippen LogP contribution is -2.12. The molecule has 2 aromatic carbocycles. The molecule has 130 valence electrons. The van der Waals surface area contributed by atoms with Crippen LogP contribution in [0, 0.1) is 0 Å². The van der Waals surface area contributed by atoms with Crippen molar-refractivity contribution < 1.29 is 9.47 Å². The number of ether oxygens (including phenoxy) is 2. The van der Waals surface area contributed by atoms with Gasteiger partial charge in [-0.15, -0.1) is 10.2 Å². The van der Waals surface area contributed by atoms with Crippen LogP contribution in [0.4, 0.5) is 0 Å². The van der Waals surface area contributed by atoms with Crippen LogP contribution in [0.3, 0.4) is 0 Å². The van der Waals surface area contributed by atoms with Crippen LogP contribution >= 0.6 is 23.2 Å². The number of nitrogens with one attached hydrogen (secondary N) is 1. The number of hydrogen-bond acceptors (Lipinski definition) is 5. The van der Waals surface area contributed by atoms with Crippen LogP contribution in [0.25, 0.3) is 0 Å². The number of aromatic nitrogens is 3. The van der Waals surface area contributed by atoms with E-state index in [0.29, 0.717) is 34.7 Å². The average Bonchev–Trinajstić information content (AvgIpc) is 3.15. The van der Waals surface area contributed by atoms with E-state index >= 15 is 0 Å². The molecule has 8 heteroatoms. The first-order valence-electron chi connectivity index (χ1n) is 7.48. The van der Waals surface area contributed by atoms with Gasteiger partial charge in [0, 0.05) is 0 Å². The topological polar surface area (TPSA) is 61.2 Å². The quantitative estimate of drug-likeness (QED) is 0.674. The van der Waals surface area contributed by atoms with Crippen LogP contribution in [0.2, 0.25) is 10.0 Å². The summed E-state index contributed by atoms with van der Waals surface area (Å²) >= 11 is 11.9. The maximum Gasteiger partial charge on any atom is 0.161 e. The molecular weight excluding hydrogens is 363 g/mol. The summed E-state index contributed by atoms with van der Waals surface area (Å²) in [5, 5.41) is 8.50. The number of hydrogen-bond donors (Lipinski definition) is 1. The van der Waals surface area contributed by atoms with Crippen LogP contribution in [0.1, 0.15) is 11.1 Å². The molecule has 1 N–H and O–H groups in total. The first-order valence-corrected chi connectivity index (χ1v) is 8.23. The fourth-order valence-corrected chi connectivity index (χ4v) is 2.52. The van der Waals surface area contributed by atoms with Crippen molar-refractivity contribution in [3.8, 4) is 11.5 Å². The van der Waals surface area contributed by atoms with Crippen molar-refractivity contribution >= 4 is 23.2 Å². The van der Waals surface area contributed by atoms with Crippen molar-refractivity contribution in [3.05, 3.63) is 70.2 Å². The lowest BCUT2D eigenvalue weighted by molar-refractivity contribution is 0.284. The summed E-state index contributed by atoms with van der Waals surface area (Å²) in [7, 11) is 1.61. The van der Waals surface area contributed by atoms with E-state index in [1.54, 1.807) is 36.6 Å². The van der Waals surface area contributed by atoms with Crippen LogP contribution in [-0.4, -0.2) is 22.0 Å². The van der Waals surface area contributed by atoms with Gasteiger partial charge in [-0.05, 0) is 35.4 Å². The minimum absolute atomic E-state index is 0.367. The van der Waals surface area contributed by atoms with Gasteiger partial charge in [0.2, 0.25) is 0 Å². The van der Waals surface area contributed by atoms with E-state index in [1.165, 1.54) is 0 Å². The Balaban J connectivity index is 1.65. The molecule has 0 aliphatic heterocycles. The minimum atomic E-state index is 0.367. The van der Waals surface area contributed by atoms with Crippen LogP contribution in [-0.2, 0) is 13.2 Å². The highest BCUT2D eigenvalue weighted by Gasteiger charge is 2.07. The van der Waals surface area contributed by atoms with E-state index in [0.717, 1.165) is 11.1 Å². The van der Waals surface area contributed by atoms with E-state index in [4.69, 9.17) is 32.7 Å². The predicted molar refractivity (Wildman–Crippen MR) is 96.9 cm³/mol. The van der Waals surface area contributed by atoms with Crippen LogP contribution in [0.5, 0.6) is 11.5 Å². The Morgan fingerprint density at radius 3 is 2.44 bits per heavy atom. The molecule has 6 nitrogen and oxygen atoms in total. The SMILES string of the molecule is COc1cc(CNn2cnnc2)ccc1OCc1ccc(Cl)c(Cl)c1. The molecular formula is C17H16Cl2N4O2. The molecule has 0 fully saturated rings. The third-order valence-electron chi connectivity index (χ3n) is 3.49. The molecule has 3 aromatic rings. The van der Waals surface area contributed by atoms with Crippen molar-refractivity contribution in [2.24, 2.45) is 0 Å². The fourth-order valence-electron chi connectivity index (χ4n) is 2.20. The Morgan fingerprint density at radius 1 is 0.960 bits per heavy atom. The van der Waals surface area contributed by atoms with Gasteiger partial charge in [-0.25, -0.2) is 4.68 Å². The van der Waals surface area contributed by atoms with Crippen molar-refractivity contribution in [2.75, 3.05) is 12.5 Å². The van der Waals surface area contributed by atoms with Crippen LogP contribution in [0.15, 0.2) is 49.1 Å². The monoisotopic (exact) mass is 378 g/mol. The Labute approximate surface area is 155 Å². The smallest absolute Gasteiger partial charge is 0.161 e. The van der Waals surface area contributed by atoms with E-state index in [-0.39, 0.29) is 0 Å². The Kier molecular flexibility index (Phi) is 5.63. The lowest BCUT2D eigenvalue weighted by Gasteiger charge is -2.13. The molecule has 3 rings (SSSR count). The standard InChI is InChI=1S/C17H16Cl2N4O2/c1-24-17-7-12(8-22-23-10-20-21-11-23)3-5-16(17)25-9-13-2-4-14(18)15(19)6-13/h2-7,10-11,22H,8-9H2,1H3. The molecule has 0 saturated heterocycles. The van der Waals surface area contributed by atoms with E-state index in [9.17, 15) is 0 Å². The zero-order valence-electron chi connectivity index (χ0n) is 13.4. The molecule has 0 aliphatic carbocycles. The van der Waals surface area contributed by atoms with E-state index in [2.05, 4.69) is 15.6 Å². The van der Waals surface area contributed by atoms with Crippen molar-refractivity contribution in [1.82, 2.24) is 14.9 Å². The first-order chi connectivity index (χ1) is 12.2. The second-order valence-corrected chi connectivity index (χ2v) is 6.04. The molecule has 0 atom stereocenters. The third kappa shape index (κ3) is 4.55. The first kappa shape index (κ1) is 17.4. The van der Waals surface area contributed by atoms with Crippen LogP contribution < -0.4 is 14.9 Å². The molecule has 0 unspecified atom stereocenters. The second-order valence-electron chi connectivity index (χ2n) is 5.23. The summed E-state index contributed by atoms with van der Waals surface area (Å²) in [6.07, 6.45) is 3.18. The van der Waals surface area contributed by atoms with Gasteiger partial charge in [0.05, 0.1) is 23.7 Å². The zero-order chi connectivity index (χ0) is 17.6. The maximum atomic E-state index is 6.02. The van der Waals surface area contributed by atoms with Gasteiger partial charge >= 0.3 is 0 Å². The normalized spacial score (nSPS) is 10.5. The van der Waals surface area contributed by atoms with Crippen molar-refractivity contribution in [2.45, 2.75) is 13.2 Å². The summed E-state index contributed by atoms with van der Waals surface area (Å²) in [5.74, 6) is 1.31. The van der Waals surface area contributed by atoms with Crippen molar-refractivity contribution in [1.29, 1.82) is 0 Å². The van der Waals surface area contributed by atoms with Gasteiger partial charge in [0.15, 0.2) is 11.5 Å². The third-order valence-corrected chi connectivity index (χ3v) is 4.23. The molecule has 0 amide bonds. The summed E-state index contributed by atoms with van der Waals surface area (Å²) in [6, 6.07) is 11.2. The largest absolute Gasteiger partial charge is 0.493 e. The maximum absolute atomic E-state index is 6.02. The Bertz CT molecular complexity index is 841. The molecule has 25 heavy (non-hydrogen) atoms. The van der Waals surface area contributed by atoms with Gasteiger partial charge in [-0.1, -0.05) is 35.3 Å². The number of benzene rings is 2. The van der Waals surface area contributed by atoms with E-state index in [1.807, 2.05) is 24.3 Å². The van der Waals surface area contributed by atoms with Gasteiger partial charge in [0.1, 0.15) is 19.3 Å². The molecule has 1 aromatic heterocycles. The Morgan fingerprint density at radius 2 is 1.72 bits per heavy atom. The van der Waals surface area contributed by atoms with Gasteiger partial charge < -0.3 is 14.9 Å². The molecule has 0 aliphatic rings. The molecule has 0 saturated carbocycles. The molecule has 0 radical (unpaired) electrons. The molecule has 0 spiro atoms. The van der Waals surface area contributed by atoms with Gasteiger partial charge in [-0.3, -0.25) is 0 Å². The number of halogens is 2. The number of methoxy groups -OCH3 is 1. The van der Waals surface area contributed by atoms with Crippen molar-refractivity contribution in [3.63, 3.8) is 0 Å². The van der Waals surface area contributed by atoms with Gasteiger partial charge in [0.25, 0.3) is 0 Å². The second kappa shape index (κ2) is 8.09. The summed E-state index contributed by atoms with van der Waals surface area (Å²) in [6.45, 7) is 0.965. The van der Waals surface area contributed by atoms with Gasteiger partial charge in [-0.2, -0.15) is 0 Å². The summed E-state index contributed by atoms with van der Waals surface area (Å²) < 4.78 is 12.9. The molecule has 0 bridgehead atoms. The predicted octanol–water partition coefficient (Wildman–Crippen LogP) is 3.92. The average molecular weight is 379 g/mol. The highest BCUT2D eigenvalue weighted by Crippen LogP contribution is 2.29. The summed E-state index contributed by atoms with van der Waals surface area (Å²) in [4.78, 5) is 0. The number of rotatable bonds is 7. The molecule has 1 heterocycles. The highest BCUT2D eigenvalue weighted by molar-refractivity contribution is 6.42. The lowest BCUT2D eigenvalue weighted by atomic mass is 10.2. The van der Waals surface area contributed by atoms with E-state index < -0.39 is 0 Å².